The fraction of sp³-hybridized carbons (Fsp3) is 0.318. The second-order valence-electron chi connectivity index (χ2n) is 7.40. The highest BCUT2D eigenvalue weighted by atomic mass is 79.9. The Kier molecular flexibility index (Phi) is 6.26. The third-order valence-corrected chi connectivity index (χ3v) is 6.09. The van der Waals surface area contributed by atoms with Crippen LogP contribution in [0.3, 0.4) is 0 Å². The molecule has 2 aliphatic rings. The van der Waals surface area contributed by atoms with Crippen molar-refractivity contribution in [2.75, 3.05) is 39.4 Å². The number of aromatic nitrogens is 1. The molecule has 2 saturated heterocycles. The molecular formula is C22H23BrN3O4+. The molecule has 2 aliphatic heterocycles. The van der Waals surface area contributed by atoms with Gasteiger partial charge in [-0.05, 0) is 23.8 Å². The molecule has 1 atom stereocenters. The summed E-state index contributed by atoms with van der Waals surface area (Å²) in [4.78, 5) is 33.0. The van der Waals surface area contributed by atoms with E-state index in [4.69, 9.17) is 4.74 Å². The van der Waals surface area contributed by atoms with E-state index in [1.807, 2.05) is 6.07 Å². The van der Waals surface area contributed by atoms with Crippen molar-refractivity contribution in [2.45, 2.75) is 6.04 Å². The third kappa shape index (κ3) is 4.16. The van der Waals surface area contributed by atoms with Crippen molar-refractivity contribution in [3.05, 3.63) is 70.0 Å². The number of quaternary nitrogens is 1. The number of pyridine rings is 1. The van der Waals surface area contributed by atoms with Crippen LogP contribution < -0.4 is 4.90 Å². The Morgan fingerprint density at radius 1 is 1.20 bits per heavy atom. The third-order valence-electron chi connectivity index (χ3n) is 5.56. The number of carbonyl (C=O) groups excluding carboxylic acids is 2. The summed E-state index contributed by atoms with van der Waals surface area (Å²) in [5, 5.41) is 11.0. The molecule has 2 aromatic rings. The molecule has 1 aromatic heterocycles. The first-order chi connectivity index (χ1) is 14.6. The van der Waals surface area contributed by atoms with Gasteiger partial charge in [-0.1, -0.05) is 34.1 Å². The van der Waals surface area contributed by atoms with Gasteiger partial charge >= 0.3 is 0 Å². The van der Waals surface area contributed by atoms with Crippen LogP contribution in [0.25, 0.3) is 5.76 Å². The van der Waals surface area contributed by atoms with Crippen molar-refractivity contribution in [2.24, 2.45) is 0 Å². The first-order valence-corrected chi connectivity index (χ1v) is 10.7. The number of morpholine rings is 1. The Morgan fingerprint density at radius 3 is 2.60 bits per heavy atom. The van der Waals surface area contributed by atoms with Gasteiger partial charge in [0.1, 0.15) is 18.8 Å². The highest BCUT2D eigenvalue weighted by Gasteiger charge is 2.46. The minimum atomic E-state index is -0.666. The number of hydrogen-bond acceptors (Lipinski definition) is 5. The van der Waals surface area contributed by atoms with Gasteiger partial charge in [0.2, 0.25) is 0 Å². The first kappa shape index (κ1) is 20.7. The van der Waals surface area contributed by atoms with Crippen LogP contribution in [0.5, 0.6) is 0 Å². The smallest absolute Gasteiger partial charge is 0.295 e. The summed E-state index contributed by atoms with van der Waals surface area (Å²) in [6.45, 7) is 4.27. The minimum absolute atomic E-state index is 0.104. The molecule has 0 spiro atoms. The molecule has 156 valence electrons. The van der Waals surface area contributed by atoms with Crippen LogP contribution in [0.2, 0.25) is 0 Å². The molecule has 2 N–H and O–H groups in total. The number of aliphatic hydroxyl groups is 1. The molecule has 0 unspecified atom stereocenters. The average Bonchev–Trinajstić information content (AvgIpc) is 3.04. The van der Waals surface area contributed by atoms with E-state index in [-0.39, 0.29) is 11.3 Å². The summed E-state index contributed by atoms with van der Waals surface area (Å²) in [7, 11) is 0. The number of nitrogens with zero attached hydrogens (tertiary/aromatic N) is 2. The van der Waals surface area contributed by atoms with E-state index in [1.165, 1.54) is 4.90 Å². The van der Waals surface area contributed by atoms with Crippen molar-refractivity contribution < 1.29 is 24.3 Å². The van der Waals surface area contributed by atoms with Gasteiger partial charge in [-0.2, -0.15) is 0 Å². The number of ketones is 1. The lowest BCUT2D eigenvalue weighted by molar-refractivity contribution is -0.907. The van der Waals surface area contributed by atoms with Crippen molar-refractivity contribution in [1.82, 2.24) is 9.88 Å². The molecule has 0 bridgehead atoms. The van der Waals surface area contributed by atoms with Gasteiger partial charge in [0.15, 0.2) is 0 Å². The summed E-state index contributed by atoms with van der Waals surface area (Å²) in [6.07, 6.45) is 3.28. The molecule has 7 nitrogen and oxygen atoms in total. The monoisotopic (exact) mass is 472 g/mol. The first-order valence-electron chi connectivity index (χ1n) is 9.92. The Bertz CT molecular complexity index is 956. The van der Waals surface area contributed by atoms with E-state index in [0.29, 0.717) is 37.4 Å². The fourth-order valence-corrected chi connectivity index (χ4v) is 4.21. The standard InChI is InChI=1S/C22H22BrN3O4/c23-17-5-3-15(4-6-17)20(27)18-19(16-2-1-7-24-14-16)26(22(29)21(18)28)9-8-25-10-12-30-13-11-25/h1-7,14,19,27H,8-13H2/p+1/t19-/m1/s1. The van der Waals surface area contributed by atoms with Crippen molar-refractivity contribution in [3.8, 4) is 0 Å². The molecule has 0 saturated carbocycles. The quantitative estimate of drug-likeness (QED) is 0.387. The van der Waals surface area contributed by atoms with Crippen LogP contribution in [0, 0.1) is 0 Å². The normalized spacial score (nSPS) is 21.9. The molecule has 4 rings (SSSR count). The lowest BCUT2D eigenvalue weighted by Gasteiger charge is -2.29. The number of nitrogens with one attached hydrogen (secondary N) is 1. The number of likely N-dealkylation sites (tertiary alicyclic amines) is 1. The van der Waals surface area contributed by atoms with E-state index >= 15 is 0 Å². The number of ether oxygens (including phenoxy) is 1. The van der Waals surface area contributed by atoms with Crippen molar-refractivity contribution in [1.29, 1.82) is 0 Å². The maximum atomic E-state index is 13.0. The largest absolute Gasteiger partial charge is 0.507 e. The SMILES string of the molecule is O=C1C(=O)N(CC[NH+]2CCOCC2)[C@H](c2cccnc2)C1=C(O)c1ccc(Br)cc1. The van der Waals surface area contributed by atoms with Gasteiger partial charge in [-0.15, -0.1) is 0 Å². The van der Waals surface area contributed by atoms with Crippen LogP contribution in [0.1, 0.15) is 17.2 Å². The maximum absolute atomic E-state index is 13.0. The molecule has 1 aromatic carbocycles. The summed E-state index contributed by atoms with van der Waals surface area (Å²) in [6, 6.07) is 9.92. The van der Waals surface area contributed by atoms with Crippen molar-refractivity contribution in [3.63, 3.8) is 0 Å². The number of halogens is 1. The number of amides is 1. The second-order valence-corrected chi connectivity index (χ2v) is 8.31. The maximum Gasteiger partial charge on any atom is 0.295 e. The van der Waals surface area contributed by atoms with Gasteiger partial charge in [-0.3, -0.25) is 14.6 Å². The van der Waals surface area contributed by atoms with E-state index < -0.39 is 17.7 Å². The molecule has 8 heteroatoms. The summed E-state index contributed by atoms with van der Waals surface area (Å²) in [5.74, 6) is -1.42. The predicted octanol–water partition coefficient (Wildman–Crippen LogP) is 1.18. The van der Waals surface area contributed by atoms with E-state index in [1.54, 1.807) is 47.6 Å². The van der Waals surface area contributed by atoms with Gasteiger partial charge in [0, 0.05) is 22.4 Å². The van der Waals surface area contributed by atoms with Crippen LogP contribution in [0.15, 0.2) is 58.8 Å². The Balaban J connectivity index is 1.71. The minimum Gasteiger partial charge on any atom is -0.507 e. The number of aliphatic hydroxyl groups excluding tert-OH is 1. The highest BCUT2D eigenvalue weighted by molar-refractivity contribution is 9.10. The number of Topliss-reactive ketones (excluding diaryl/α,β-unsaturated/α-hetero) is 1. The predicted molar refractivity (Wildman–Crippen MR) is 114 cm³/mol. The zero-order valence-electron chi connectivity index (χ0n) is 16.4. The fourth-order valence-electron chi connectivity index (χ4n) is 3.95. The van der Waals surface area contributed by atoms with Crippen LogP contribution in [-0.4, -0.2) is 66.1 Å². The Morgan fingerprint density at radius 2 is 1.93 bits per heavy atom. The molecule has 30 heavy (non-hydrogen) atoms. The van der Waals surface area contributed by atoms with Gasteiger partial charge in [0.25, 0.3) is 11.7 Å². The Labute approximate surface area is 183 Å². The van der Waals surface area contributed by atoms with Crippen LogP contribution in [-0.2, 0) is 14.3 Å². The van der Waals surface area contributed by atoms with E-state index in [2.05, 4.69) is 20.9 Å². The lowest BCUT2D eigenvalue weighted by atomic mass is 9.96. The number of rotatable bonds is 5. The topological polar surface area (TPSA) is 84.2 Å². The molecule has 2 fully saturated rings. The zero-order chi connectivity index (χ0) is 21.1. The summed E-state index contributed by atoms with van der Waals surface area (Å²) in [5.41, 5.74) is 1.29. The lowest BCUT2D eigenvalue weighted by Crippen LogP contribution is -3.14. The van der Waals surface area contributed by atoms with Crippen molar-refractivity contribution >= 4 is 33.4 Å². The van der Waals surface area contributed by atoms with Gasteiger partial charge in [-0.25, -0.2) is 0 Å². The second kappa shape index (κ2) is 9.07. The van der Waals surface area contributed by atoms with Gasteiger partial charge in [0.05, 0.1) is 37.9 Å². The molecule has 0 radical (unpaired) electrons. The summed E-state index contributed by atoms with van der Waals surface area (Å²) < 4.78 is 6.26. The van der Waals surface area contributed by atoms with Gasteiger partial charge < -0.3 is 19.6 Å². The molecule has 1 amide bonds. The van der Waals surface area contributed by atoms with Crippen LogP contribution in [0.4, 0.5) is 0 Å². The summed E-state index contributed by atoms with van der Waals surface area (Å²) >= 11 is 3.37. The highest BCUT2D eigenvalue weighted by Crippen LogP contribution is 2.38. The number of carbonyl (C=O) groups is 2. The molecule has 0 aliphatic carbocycles. The molecule has 3 heterocycles. The van der Waals surface area contributed by atoms with E-state index in [9.17, 15) is 14.7 Å². The number of hydrogen-bond donors (Lipinski definition) is 2. The Hall–Kier alpha value is -2.55. The number of benzene rings is 1. The van der Waals surface area contributed by atoms with E-state index in [0.717, 1.165) is 17.6 Å². The zero-order valence-corrected chi connectivity index (χ0v) is 18.0. The van der Waals surface area contributed by atoms with Crippen LogP contribution >= 0.6 is 15.9 Å². The average molecular weight is 473 g/mol. The molecular weight excluding hydrogens is 450 g/mol.